The number of nitrogens with zero attached hydrogens (tertiary/aromatic N) is 1. The molecule has 3 nitrogen and oxygen atoms in total. The summed E-state index contributed by atoms with van der Waals surface area (Å²) in [6.07, 6.45) is 2.39. The third-order valence-electron chi connectivity index (χ3n) is 5.04. The molecule has 32 heavy (non-hydrogen) atoms. The normalized spacial score (nSPS) is 11.4. The monoisotopic (exact) mass is 441 g/mol. The van der Waals surface area contributed by atoms with Crippen LogP contribution in [0.3, 0.4) is 0 Å². The van der Waals surface area contributed by atoms with Crippen LogP contribution in [0.15, 0.2) is 120 Å². The van der Waals surface area contributed by atoms with Crippen LogP contribution in [0, 0.1) is 5.82 Å². The molecule has 0 fully saturated rings. The van der Waals surface area contributed by atoms with Gasteiger partial charge in [0.1, 0.15) is 5.82 Å². The molecule has 4 rings (SSSR count). The van der Waals surface area contributed by atoms with E-state index in [2.05, 4.69) is 36.4 Å². The van der Waals surface area contributed by atoms with E-state index in [1.807, 2.05) is 54.6 Å². The quantitative estimate of drug-likeness (QED) is 0.307. The van der Waals surface area contributed by atoms with Gasteiger partial charge in [-0.3, -0.25) is 4.74 Å². The van der Waals surface area contributed by atoms with E-state index in [-0.39, 0.29) is 0 Å². The van der Waals surface area contributed by atoms with Crippen molar-refractivity contribution in [2.75, 3.05) is 0 Å². The van der Waals surface area contributed by atoms with Crippen LogP contribution in [0.1, 0.15) is 5.56 Å². The lowest BCUT2D eigenvalue weighted by Crippen LogP contribution is -2.25. The molecular formula is C27H21FNO2P. The lowest BCUT2D eigenvalue weighted by molar-refractivity contribution is -0.131. The summed E-state index contributed by atoms with van der Waals surface area (Å²) in [6.45, 7) is 0. The first-order valence-electron chi connectivity index (χ1n) is 10.1. The smallest absolute Gasteiger partial charge is 0.328 e. The van der Waals surface area contributed by atoms with Crippen molar-refractivity contribution in [3.63, 3.8) is 0 Å². The van der Waals surface area contributed by atoms with E-state index < -0.39 is 18.8 Å². The number of aliphatic carboxylic acids is 1. The van der Waals surface area contributed by atoms with Crippen molar-refractivity contribution < 1.29 is 14.3 Å². The maximum Gasteiger partial charge on any atom is 0.328 e. The lowest BCUT2D eigenvalue weighted by Gasteiger charge is -2.27. The van der Waals surface area contributed by atoms with E-state index in [1.54, 1.807) is 6.07 Å². The number of carboxylic acid groups (broad SMARTS) is 1. The summed E-state index contributed by atoms with van der Waals surface area (Å²) in [5.74, 6) is -1.55. The molecule has 0 amide bonds. The topological polar surface area (TPSA) is 49.7 Å². The Morgan fingerprint density at radius 3 is 1.66 bits per heavy atom. The van der Waals surface area contributed by atoms with E-state index in [0.29, 0.717) is 11.3 Å². The van der Waals surface area contributed by atoms with Gasteiger partial charge in [-0.1, -0.05) is 91.0 Å². The zero-order chi connectivity index (χ0) is 22.4. The minimum absolute atomic E-state index is 0.416. The third-order valence-corrected chi connectivity index (χ3v) is 8.69. The predicted octanol–water partition coefficient (Wildman–Crippen LogP) is 5.73. The van der Waals surface area contributed by atoms with Gasteiger partial charge < -0.3 is 5.11 Å². The van der Waals surface area contributed by atoms with E-state index in [0.717, 1.165) is 22.0 Å². The summed E-state index contributed by atoms with van der Waals surface area (Å²) in [6, 6.07) is 34.5. The Balaban J connectivity index is 2.12. The molecule has 0 aliphatic carbocycles. The highest BCUT2D eigenvalue weighted by Gasteiger charge is 2.27. The molecule has 4 aromatic carbocycles. The van der Waals surface area contributed by atoms with Crippen molar-refractivity contribution in [1.29, 1.82) is 0 Å². The zero-order valence-corrected chi connectivity index (χ0v) is 18.1. The average Bonchev–Trinajstić information content (AvgIpc) is 2.84. The van der Waals surface area contributed by atoms with Crippen molar-refractivity contribution in [3.8, 4) is 0 Å². The molecular weight excluding hydrogens is 420 g/mol. The van der Waals surface area contributed by atoms with Gasteiger partial charge >= 0.3 is 5.97 Å². The molecule has 1 N–H and O–H groups in total. The highest BCUT2D eigenvalue weighted by Crippen LogP contribution is 2.49. The van der Waals surface area contributed by atoms with Gasteiger partial charge in [-0.05, 0) is 24.3 Å². The second kappa shape index (κ2) is 9.59. The summed E-state index contributed by atoms with van der Waals surface area (Å²) < 4.78 is 19.4. The van der Waals surface area contributed by atoms with E-state index >= 15 is 0 Å². The lowest BCUT2D eigenvalue weighted by atomic mass is 10.1. The predicted molar refractivity (Wildman–Crippen MR) is 130 cm³/mol. The molecule has 4 aromatic rings. The van der Waals surface area contributed by atoms with Gasteiger partial charge in [0.2, 0.25) is 0 Å². The number of carbonyl (C=O) groups is 1. The third kappa shape index (κ3) is 4.46. The molecule has 0 saturated heterocycles. The Bertz CT molecular complexity index is 1200. The Morgan fingerprint density at radius 2 is 1.22 bits per heavy atom. The number of rotatable bonds is 6. The summed E-state index contributed by atoms with van der Waals surface area (Å²) in [5, 5.41) is 12.2. The van der Waals surface area contributed by atoms with Crippen LogP contribution in [0.5, 0.6) is 0 Å². The fraction of sp³-hybridized carbons (Fsp3) is 0. The van der Waals surface area contributed by atoms with E-state index in [1.165, 1.54) is 18.2 Å². The fourth-order valence-electron chi connectivity index (χ4n) is 3.62. The molecule has 0 unspecified atom stereocenters. The first kappa shape index (κ1) is 21.5. The Hall–Kier alpha value is -3.75. The first-order chi connectivity index (χ1) is 15.6. The largest absolute Gasteiger partial charge is 0.478 e. The van der Waals surface area contributed by atoms with Gasteiger partial charge in [-0.15, -0.1) is 0 Å². The molecule has 0 spiro atoms. The van der Waals surface area contributed by atoms with Crippen molar-refractivity contribution in [2.24, 2.45) is 4.74 Å². The van der Waals surface area contributed by atoms with Crippen LogP contribution >= 0.6 is 7.05 Å². The van der Waals surface area contributed by atoms with Crippen molar-refractivity contribution in [1.82, 2.24) is 0 Å². The molecule has 0 aromatic heterocycles. The van der Waals surface area contributed by atoms with Gasteiger partial charge in [-0.2, -0.15) is 0 Å². The average molecular weight is 441 g/mol. The summed E-state index contributed by atoms with van der Waals surface area (Å²) in [4.78, 5) is 11.1. The number of hydrogen-bond donors (Lipinski definition) is 1. The number of halogens is 1. The van der Waals surface area contributed by atoms with Crippen LogP contribution in [-0.4, -0.2) is 11.1 Å². The highest BCUT2D eigenvalue weighted by atomic mass is 31.2. The van der Waals surface area contributed by atoms with Crippen LogP contribution in [0.25, 0.3) is 6.08 Å². The van der Waals surface area contributed by atoms with Crippen LogP contribution in [0.4, 0.5) is 10.1 Å². The van der Waals surface area contributed by atoms with Crippen molar-refractivity contribution in [2.45, 2.75) is 0 Å². The number of hydrogen-bond acceptors (Lipinski definition) is 2. The molecule has 0 saturated carbocycles. The zero-order valence-electron chi connectivity index (χ0n) is 17.2. The SMILES string of the molecule is O=C(O)/C=C/c1cc(F)ccc1N=P(c1ccccc1)(c1ccccc1)c1ccccc1. The van der Waals surface area contributed by atoms with Gasteiger partial charge in [0.05, 0.1) is 12.7 Å². The first-order valence-corrected chi connectivity index (χ1v) is 11.8. The second-order valence-corrected chi connectivity index (χ2v) is 10.1. The second-order valence-electron chi connectivity index (χ2n) is 7.12. The molecule has 158 valence electrons. The Morgan fingerprint density at radius 1 is 0.750 bits per heavy atom. The van der Waals surface area contributed by atoms with Gasteiger partial charge in [0.15, 0.2) is 0 Å². The van der Waals surface area contributed by atoms with Crippen molar-refractivity contribution >= 4 is 40.7 Å². The highest BCUT2D eigenvalue weighted by molar-refractivity contribution is 7.87. The molecule has 0 aliphatic heterocycles. The van der Waals surface area contributed by atoms with Crippen LogP contribution in [0.2, 0.25) is 0 Å². The summed E-state index contributed by atoms with van der Waals surface area (Å²) >= 11 is 0. The minimum atomic E-state index is -2.54. The maximum absolute atomic E-state index is 14.1. The molecule has 0 radical (unpaired) electrons. The van der Waals surface area contributed by atoms with E-state index in [9.17, 15) is 9.18 Å². The summed E-state index contributed by atoms with van der Waals surface area (Å²) in [5.41, 5.74) is 0.952. The van der Waals surface area contributed by atoms with Crippen LogP contribution < -0.4 is 15.9 Å². The van der Waals surface area contributed by atoms with Gasteiger partial charge in [-0.25, -0.2) is 9.18 Å². The molecule has 0 bridgehead atoms. The molecule has 0 heterocycles. The number of benzene rings is 4. The summed E-state index contributed by atoms with van der Waals surface area (Å²) in [7, 11) is -2.54. The fourth-order valence-corrected chi connectivity index (χ4v) is 7.18. The molecule has 0 atom stereocenters. The molecule has 5 heteroatoms. The standard InChI is InChI=1S/C27H21FNO2P/c28-22-17-18-26(21(20-22)16-19-27(30)31)29-32(23-10-4-1-5-11-23,24-12-6-2-7-13-24)25-14-8-3-9-15-25/h1-20H,(H,30,31)/b19-16+. The van der Waals surface area contributed by atoms with E-state index in [4.69, 9.17) is 9.85 Å². The van der Waals surface area contributed by atoms with Gasteiger partial charge in [0.25, 0.3) is 0 Å². The van der Waals surface area contributed by atoms with Gasteiger partial charge in [0, 0.05) is 27.6 Å². The number of carboxylic acids is 1. The Labute approximate surface area is 186 Å². The van der Waals surface area contributed by atoms with Crippen molar-refractivity contribution in [3.05, 3.63) is 127 Å². The Kier molecular flexibility index (Phi) is 6.44. The molecule has 0 aliphatic rings. The van der Waals surface area contributed by atoms with Crippen LogP contribution in [-0.2, 0) is 4.79 Å². The minimum Gasteiger partial charge on any atom is -0.478 e. The maximum atomic E-state index is 14.1.